The number of nitrogens with one attached hydrogen (secondary N) is 1. The van der Waals surface area contributed by atoms with E-state index in [-0.39, 0.29) is 0 Å². The first kappa shape index (κ1) is 15.9. The number of carbonyl (C=O) groups excluding carboxylic acids is 2. The molecule has 1 saturated heterocycles. The normalized spacial score (nSPS) is 16.4. The van der Waals surface area contributed by atoms with Crippen molar-refractivity contribution in [3.8, 4) is 0 Å². The average Bonchev–Trinajstić information content (AvgIpc) is 2.44. The summed E-state index contributed by atoms with van der Waals surface area (Å²) < 4.78 is 0. The lowest BCUT2D eigenvalue weighted by Crippen LogP contribution is -2.53. The van der Waals surface area contributed by atoms with E-state index in [0.717, 1.165) is 38.9 Å². The minimum atomic E-state index is -0.469. The molecule has 6 nitrogen and oxygen atoms in total. The summed E-state index contributed by atoms with van der Waals surface area (Å²) in [5.74, 6) is -0.868. The number of nitrogens with zero attached hydrogens (tertiary/aromatic N) is 2. The molecule has 0 spiro atoms. The van der Waals surface area contributed by atoms with Crippen molar-refractivity contribution < 1.29 is 9.59 Å². The lowest BCUT2D eigenvalue weighted by atomic mass is 10.2. The van der Waals surface area contributed by atoms with Crippen molar-refractivity contribution in [2.75, 3.05) is 45.8 Å². The average molecular weight is 270 g/mol. The molecule has 3 N–H and O–H groups in total. The van der Waals surface area contributed by atoms with Crippen LogP contribution in [0.15, 0.2) is 0 Å². The third kappa shape index (κ3) is 5.57. The fourth-order valence-corrected chi connectivity index (χ4v) is 2.15. The number of carbonyl (C=O) groups is 2. The summed E-state index contributed by atoms with van der Waals surface area (Å²) in [6.07, 6.45) is 3.11. The quantitative estimate of drug-likeness (QED) is 0.499. The Morgan fingerprint density at radius 2 is 1.84 bits per heavy atom. The number of unbranched alkanes of at least 4 members (excludes halogenated alkanes) is 2. The molecule has 6 heteroatoms. The van der Waals surface area contributed by atoms with Gasteiger partial charge in [0.05, 0.1) is 0 Å². The molecule has 110 valence electrons. The van der Waals surface area contributed by atoms with E-state index in [9.17, 15) is 9.59 Å². The lowest BCUT2D eigenvalue weighted by Gasteiger charge is -2.34. The molecular weight excluding hydrogens is 244 g/mol. The molecule has 2 amide bonds. The van der Waals surface area contributed by atoms with Gasteiger partial charge in [-0.15, -0.1) is 0 Å². The van der Waals surface area contributed by atoms with Gasteiger partial charge in [0, 0.05) is 45.8 Å². The van der Waals surface area contributed by atoms with Gasteiger partial charge < -0.3 is 16.0 Å². The van der Waals surface area contributed by atoms with Crippen LogP contribution in [0.3, 0.4) is 0 Å². The summed E-state index contributed by atoms with van der Waals surface area (Å²) in [5.41, 5.74) is 5.50. The lowest BCUT2D eigenvalue weighted by molar-refractivity contribution is -0.146. The molecule has 1 aliphatic rings. The Kier molecular flexibility index (Phi) is 7.43. The van der Waals surface area contributed by atoms with Crippen LogP contribution in [0.25, 0.3) is 0 Å². The standard InChI is InChI=1S/C13H26N4O2/c1-2-3-4-6-15-12(18)13(19)17-10-8-16(7-5-14)9-11-17/h2-11,14H2,1H3,(H,15,18). The van der Waals surface area contributed by atoms with Crippen LogP contribution in [-0.2, 0) is 9.59 Å². The van der Waals surface area contributed by atoms with E-state index in [1.807, 2.05) is 0 Å². The Morgan fingerprint density at radius 1 is 1.16 bits per heavy atom. The highest BCUT2D eigenvalue weighted by Crippen LogP contribution is 2.01. The molecule has 1 aliphatic heterocycles. The zero-order valence-corrected chi connectivity index (χ0v) is 11.9. The number of hydrogen-bond donors (Lipinski definition) is 2. The van der Waals surface area contributed by atoms with Crippen LogP contribution < -0.4 is 11.1 Å². The van der Waals surface area contributed by atoms with E-state index in [2.05, 4.69) is 17.1 Å². The van der Waals surface area contributed by atoms with Crippen LogP contribution in [0.4, 0.5) is 0 Å². The molecule has 0 aromatic rings. The highest BCUT2D eigenvalue weighted by atomic mass is 16.2. The molecule has 0 aromatic carbocycles. The SMILES string of the molecule is CCCCCNC(=O)C(=O)N1CCN(CCN)CC1. The maximum Gasteiger partial charge on any atom is 0.311 e. The topological polar surface area (TPSA) is 78.7 Å². The maximum atomic E-state index is 11.9. The Labute approximate surface area is 115 Å². The third-order valence-electron chi connectivity index (χ3n) is 3.36. The minimum absolute atomic E-state index is 0.399. The number of piperazine rings is 1. The Hall–Kier alpha value is -1.14. The van der Waals surface area contributed by atoms with Crippen molar-refractivity contribution in [2.45, 2.75) is 26.2 Å². The molecule has 0 unspecified atom stereocenters. The van der Waals surface area contributed by atoms with E-state index in [1.165, 1.54) is 0 Å². The van der Waals surface area contributed by atoms with Gasteiger partial charge in [-0.2, -0.15) is 0 Å². The molecule has 0 bridgehead atoms. The van der Waals surface area contributed by atoms with E-state index < -0.39 is 11.8 Å². The number of amides is 2. The van der Waals surface area contributed by atoms with Crippen LogP contribution in [-0.4, -0.2) is 67.4 Å². The zero-order valence-electron chi connectivity index (χ0n) is 11.9. The summed E-state index contributed by atoms with van der Waals surface area (Å²) in [7, 11) is 0. The van der Waals surface area contributed by atoms with Crippen LogP contribution in [0, 0.1) is 0 Å². The van der Waals surface area contributed by atoms with Crippen molar-refractivity contribution >= 4 is 11.8 Å². The van der Waals surface area contributed by atoms with Gasteiger partial charge in [0.2, 0.25) is 0 Å². The maximum absolute atomic E-state index is 11.9. The second-order valence-corrected chi connectivity index (χ2v) is 4.89. The largest absolute Gasteiger partial charge is 0.348 e. The van der Waals surface area contributed by atoms with E-state index in [0.29, 0.717) is 26.2 Å². The Bertz CT molecular complexity index is 288. The van der Waals surface area contributed by atoms with Gasteiger partial charge in [-0.05, 0) is 6.42 Å². The van der Waals surface area contributed by atoms with Gasteiger partial charge in [0.25, 0.3) is 0 Å². The van der Waals surface area contributed by atoms with E-state index in [4.69, 9.17) is 5.73 Å². The highest BCUT2D eigenvalue weighted by molar-refractivity contribution is 6.35. The van der Waals surface area contributed by atoms with Crippen molar-refractivity contribution in [3.63, 3.8) is 0 Å². The first-order chi connectivity index (χ1) is 9.19. The van der Waals surface area contributed by atoms with Gasteiger partial charge in [0.15, 0.2) is 0 Å². The first-order valence-corrected chi connectivity index (χ1v) is 7.18. The minimum Gasteiger partial charge on any atom is -0.348 e. The molecule has 0 radical (unpaired) electrons. The van der Waals surface area contributed by atoms with E-state index >= 15 is 0 Å². The summed E-state index contributed by atoms with van der Waals surface area (Å²) >= 11 is 0. The van der Waals surface area contributed by atoms with Gasteiger partial charge in [-0.1, -0.05) is 19.8 Å². The van der Waals surface area contributed by atoms with Gasteiger partial charge in [-0.3, -0.25) is 14.5 Å². The monoisotopic (exact) mass is 270 g/mol. The van der Waals surface area contributed by atoms with Gasteiger partial charge in [0.1, 0.15) is 0 Å². The molecule has 1 rings (SSSR count). The zero-order chi connectivity index (χ0) is 14.1. The summed E-state index contributed by atoms with van der Waals surface area (Å²) in [6, 6.07) is 0. The predicted molar refractivity (Wildman–Crippen MR) is 74.6 cm³/mol. The van der Waals surface area contributed by atoms with Gasteiger partial charge >= 0.3 is 11.8 Å². The molecular formula is C13H26N4O2. The molecule has 19 heavy (non-hydrogen) atoms. The summed E-state index contributed by atoms with van der Waals surface area (Å²) in [4.78, 5) is 27.4. The van der Waals surface area contributed by atoms with Crippen LogP contribution in [0.1, 0.15) is 26.2 Å². The van der Waals surface area contributed by atoms with Gasteiger partial charge in [-0.25, -0.2) is 0 Å². The van der Waals surface area contributed by atoms with Crippen LogP contribution in [0.2, 0.25) is 0 Å². The molecule has 1 fully saturated rings. The van der Waals surface area contributed by atoms with Crippen molar-refractivity contribution in [3.05, 3.63) is 0 Å². The number of nitrogens with two attached hydrogens (primary N) is 1. The third-order valence-corrected chi connectivity index (χ3v) is 3.36. The number of rotatable bonds is 6. The number of hydrogen-bond acceptors (Lipinski definition) is 4. The molecule has 0 aliphatic carbocycles. The second-order valence-electron chi connectivity index (χ2n) is 4.89. The van der Waals surface area contributed by atoms with Crippen molar-refractivity contribution in [1.29, 1.82) is 0 Å². The van der Waals surface area contributed by atoms with E-state index in [1.54, 1.807) is 4.90 Å². The second kappa shape index (κ2) is 8.87. The Morgan fingerprint density at radius 3 is 2.42 bits per heavy atom. The first-order valence-electron chi connectivity index (χ1n) is 7.18. The highest BCUT2D eigenvalue weighted by Gasteiger charge is 2.25. The van der Waals surface area contributed by atoms with Crippen LogP contribution >= 0.6 is 0 Å². The molecule has 0 aromatic heterocycles. The van der Waals surface area contributed by atoms with Crippen LogP contribution in [0.5, 0.6) is 0 Å². The fourth-order valence-electron chi connectivity index (χ4n) is 2.15. The summed E-state index contributed by atoms with van der Waals surface area (Å²) in [6.45, 7) is 7.00. The summed E-state index contributed by atoms with van der Waals surface area (Å²) in [5, 5.41) is 2.69. The Balaban J connectivity index is 2.24. The molecule has 0 saturated carbocycles. The van der Waals surface area contributed by atoms with Crippen molar-refractivity contribution in [2.24, 2.45) is 5.73 Å². The molecule has 1 heterocycles. The fraction of sp³-hybridized carbons (Fsp3) is 0.846. The molecule has 0 atom stereocenters. The predicted octanol–water partition coefficient (Wildman–Crippen LogP) is -0.604. The van der Waals surface area contributed by atoms with Crippen molar-refractivity contribution in [1.82, 2.24) is 15.1 Å². The smallest absolute Gasteiger partial charge is 0.311 e.